The molecule has 4 bridgehead atoms. The Hall–Kier alpha value is -0.0400. The average molecular weight is 204 g/mol. The molecule has 1 heterocycles. The van der Waals surface area contributed by atoms with Crippen molar-refractivity contribution in [1.82, 2.24) is 0 Å². The lowest BCUT2D eigenvalue weighted by molar-refractivity contribution is 0.161. The topological polar surface area (TPSA) is 12.5 Å². The normalized spacial score (nSPS) is 68.8. The third kappa shape index (κ3) is 0.906. The molecule has 4 saturated carbocycles. The molecule has 1 saturated heterocycles. The van der Waals surface area contributed by atoms with Crippen molar-refractivity contribution < 1.29 is 4.74 Å². The SMILES string of the molecule is C1CC2CC1CC2C1CC2CC1[C@H]1O[C@@H]21. The Bertz CT molecular complexity index is 312. The van der Waals surface area contributed by atoms with Crippen LogP contribution in [-0.4, -0.2) is 12.2 Å². The summed E-state index contributed by atoms with van der Waals surface area (Å²) in [5, 5.41) is 0. The van der Waals surface area contributed by atoms with Crippen molar-refractivity contribution in [1.29, 1.82) is 0 Å². The van der Waals surface area contributed by atoms with Gasteiger partial charge in [-0.3, -0.25) is 0 Å². The van der Waals surface area contributed by atoms with Crippen molar-refractivity contribution in [2.75, 3.05) is 0 Å². The molecule has 82 valence electrons. The van der Waals surface area contributed by atoms with Gasteiger partial charge >= 0.3 is 0 Å². The number of hydrogen-bond donors (Lipinski definition) is 0. The summed E-state index contributed by atoms with van der Waals surface area (Å²) in [6.45, 7) is 0. The Kier molecular flexibility index (Phi) is 1.32. The first-order valence-corrected chi connectivity index (χ1v) is 7.05. The molecule has 4 aliphatic carbocycles. The van der Waals surface area contributed by atoms with Gasteiger partial charge in [0, 0.05) is 0 Å². The Morgan fingerprint density at radius 2 is 1.60 bits per heavy atom. The van der Waals surface area contributed by atoms with Crippen LogP contribution in [0, 0.1) is 35.5 Å². The number of ether oxygens (including phenoxy) is 1. The van der Waals surface area contributed by atoms with Gasteiger partial charge in [0.25, 0.3) is 0 Å². The molecule has 0 N–H and O–H groups in total. The van der Waals surface area contributed by atoms with E-state index in [2.05, 4.69) is 0 Å². The van der Waals surface area contributed by atoms with Crippen LogP contribution in [-0.2, 0) is 4.74 Å². The highest BCUT2D eigenvalue weighted by Crippen LogP contribution is 2.64. The van der Waals surface area contributed by atoms with Crippen molar-refractivity contribution in [3.63, 3.8) is 0 Å². The molecule has 15 heavy (non-hydrogen) atoms. The van der Waals surface area contributed by atoms with Crippen molar-refractivity contribution in [2.45, 2.75) is 50.7 Å². The molecule has 8 atom stereocenters. The zero-order chi connectivity index (χ0) is 9.57. The fourth-order valence-corrected chi connectivity index (χ4v) is 5.96. The van der Waals surface area contributed by atoms with Crippen LogP contribution < -0.4 is 0 Å². The summed E-state index contributed by atoms with van der Waals surface area (Å²) < 4.78 is 5.81. The van der Waals surface area contributed by atoms with E-state index in [1.54, 1.807) is 32.1 Å². The molecule has 0 amide bonds. The molecule has 0 aromatic carbocycles. The number of epoxide rings is 1. The number of fused-ring (bicyclic) bond motifs is 7. The van der Waals surface area contributed by atoms with Crippen molar-refractivity contribution in [3.05, 3.63) is 0 Å². The summed E-state index contributed by atoms with van der Waals surface area (Å²) >= 11 is 0. The van der Waals surface area contributed by atoms with Gasteiger partial charge in [-0.15, -0.1) is 0 Å². The van der Waals surface area contributed by atoms with Gasteiger partial charge in [0.1, 0.15) is 0 Å². The molecular weight excluding hydrogens is 184 g/mol. The Balaban J connectivity index is 1.43. The summed E-state index contributed by atoms with van der Waals surface area (Å²) in [6.07, 6.45) is 10.9. The van der Waals surface area contributed by atoms with E-state index in [1.807, 2.05) is 0 Å². The first kappa shape index (κ1) is 8.11. The zero-order valence-electron chi connectivity index (χ0n) is 9.27. The number of rotatable bonds is 1. The molecule has 0 aromatic rings. The van der Waals surface area contributed by atoms with Gasteiger partial charge in [0.2, 0.25) is 0 Å². The van der Waals surface area contributed by atoms with Gasteiger partial charge in [-0.25, -0.2) is 0 Å². The van der Waals surface area contributed by atoms with Crippen LogP contribution in [0.4, 0.5) is 0 Å². The average Bonchev–Trinajstić information content (AvgIpc) is 2.71. The monoisotopic (exact) mass is 204 g/mol. The summed E-state index contributed by atoms with van der Waals surface area (Å²) in [5.41, 5.74) is 0. The summed E-state index contributed by atoms with van der Waals surface area (Å²) in [5.74, 6) is 6.48. The molecule has 1 nitrogen and oxygen atoms in total. The molecule has 5 aliphatic rings. The van der Waals surface area contributed by atoms with Gasteiger partial charge in [-0.1, -0.05) is 6.42 Å². The maximum Gasteiger partial charge on any atom is 0.0875 e. The maximum absolute atomic E-state index is 5.81. The molecule has 5 fully saturated rings. The van der Waals surface area contributed by atoms with Gasteiger partial charge in [0.05, 0.1) is 12.2 Å². The zero-order valence-corrected chi connectivity index (χ0v) is 9.27. The Morgan fingerprint density at radius 3 is 2.27 bits per heavy atom. The van der Waals surface area contributed by atoms with Gasteiger partial charge in [0.15, 0.2) is 0 Å². The maximum atomic E-state index is 5.81. The molecule has 5 rings (SSSR count). The van der Waals surface area contributed by atoms with Crippen molar-refractivity contribution in [3.8, 4) is 0 Å². The van der Waals surface area contributed by atoms with Gasteiger partial charge in [-0.2, -0.15) is 0 Å². The Labute approximate surface area is 91.6 Å². The van der Waals surface area contributed by atoms with Crippen LogP contribution in [0.1, 0.15) is 38.5 Å². The van der Waals surface area contributed by atoms with Crippen LogP contribution in [0.3, 0.4) is 0 Å². The third-order valence-corrected chi connectivity index (χ3v) is 6.49. The van der Waals surface area contributed by atoms with E-state index < -0.39 is 0 Å². The molecule has 0 aromatic heterocycles. The summed E-state index contributed by atoms with van der Waals surface area (Å²) in [7, 11) is 0. The van der Waals surface area contributed by atoms with Gasteiger partial charge in [-0.05, 0) is 67.6 Å². The standard InChI is InChI=1S/C14H20O/c1-2-8-3-7(1)4-10(8)11-5-9-6-12(11)14-13(9)15-14/h7-14H,1-6H2/t7?,8?,9?,10?,11?,12?,13-,14+/m0/s1. The predicted molar refractivity (Wildman–Crippen MR) is 57.3 cm³/mol. The first-order chi connectivity index (χ1) is 7.40. The van der Waals surface area contributed by atoms with Crippen LogP contribution >= 0.6 is 0 Å². The molecule has 0 radical (unpaired) electrons. The Morgan fingerprint density at radius 1 is 0.667 bits per heavy atom. The van der Waals surface area contributed by atoms with Crippen LogP contribution in [0.2, 0.25) is 0 Å². The van der Waals surface area contributed by atoms with Gasteiger partial charge < -0.3 is 4.74 Å². The highest BCUT2D eigenvalue weighted by Gasteiger charge is 2.65. The second-order valence-electron chi connectivity index (χ2n) is 6.96. The van der Waals surface area contributed by atoms with E-state index in [9.17, 15) is 0 Å². The van der Waals surface area contributed by atoms with E-state index in [1.165, 1.54) is 6.42 Å². The quantitative estimate of drug-likeness (QED) is 0.598. The van der Waals surface area contributed by atoms with E-state index in [0.717, 1.165) is 47.7 Å². The minimum Gasteiger partial charge on any atom is -0.369 e. The predicted octanol–water partition coefficient (Wildman–Crippen LogP) is 2.85. The largest absolute Gasteiger partial charge is 0.369 e. The summed E-state index contributed by atoms with van der Waals surface area (Å²) in [4.78, 5) is 0. The third-order valence-electron chi connectivity index (χ3n) is 6.49. The molecule has 6 unspecified atom stereocenters. The minimum atomic E-state index is 0.741. The highest BCUT2D eigenvalue weighted by atomic mass is 16.6. The summed E-state index contributed by atoms with van der Waals surface area (Å²) in [6, 6.07) is 0. The fourth-order valence-electron chi connectivity index (χ4n) is 5.96. The highest BCUT2D eigenvalue weighted by molar-refractivity contribution is 5.13. The molecule has 0 spiro atoms. The lowest BCUT2D eigenvalue weighted by atomic mass is 9.72. The van der Waals surface area contributed by atoms with E-state index in [4.69, 9.17) is 4.74 Å². The molecule has 1 aliphatic heterocycles. The van der Waals surface area contributed by atoms with E-state index in [-0.39, 0.29) is 0 Å². The van der Waals surface area contributed by atoms with Crippen molar-refractivity contribution >= 4 is 0 Å². The minimum absolute atomic E-state index is 0.741. The van der Waals surface area contributed by atoms with Crippen LogP contribution in [0.15, 0.2) is 0 Å². The second kappa shape index (κ2) is 2.45. The second-order valence-corrected chi connectivity index (χ2v) is 6.96. The fraction of sp³-hybridized carbons (Fsp3) is 1.00. The lowest BCUT2D eigenvalue weighted by Crippen LogP contribution is -2.28. The molecular formula is C14H20O. The van der Waals surface area contributed by atoms with E-state index in [0.29, 0.717) is 0 Å². The smallest absolute Gasteiger partial charge is 0.0875 e. The molecule has 1 heteroatoms. The lowest BCUT2D eigenvalue weighted by Gasteiger charge is -2.32. The van der Waals surface area contributed by atoms with Crippen LogP contribution in [0.25, 0.3) is 0 Å². The first-order valence-electron chi connectivity index (χ1n) is 7.05. The van der Waals surface area contributed by atoms with Crippen LogP contribution in [0.5, 0.6) is 0 Å². The number of hydrogen-bond acceptors (Lipinski definition) is 1. The van der Waals surface area contributed by atoms with Crippen molar-refractivity contribution in [2.24, 2.45) is 35.5 Å². The van der Waals surface area contributed by atoms with E-state index >= 15 is 0 Å².